The number of ketones is 1. The van der Waals surface area contributed by atoms with Crippen molar-refractivity contribution >= 4 is 17.7 Å². The Bertz CT molecular complexity index is 821. The molecule has 0 radical (unpaired) electrons. The minimum Gasteiger partial charge on any atom is -0.479 e. The van der Waals surface area contributed by atoms with Crippen LogP contribution >= 0.6 is 0 Å². The lowest BCUT2D eigenvalue weighted by Gasteiger charge is -2.14. The number of hydrogen-bond acceptors (Lipinski definition) is 3. The number of hydrogen-bond donors (Lipinski definition) is 2. The highest BCUT2D eigenvalue weighted by Crippen LogP contribution is 2.46. The summed E-state index contributed by atoms with van der Waals surface area (Å²) in [5.41, 5.74) is -1.24. The average molecular weight is 327 g/mol. The summed E-state index contributed by atoms with van der Waals surface area (Å²) in [7, 11) is 0. The van der Waals surface area contributed by atoms with Crippen LogP contribution in [0.3, 0.4) is 0 Å². The molecule has 0 aliphatic heterocycles. The topological polar surface area (TPSA) is 83.5 Å². The third-order valence-corrected chi connectivity index (χ3v) is 4.14. The number of carbonyl (C=O) groups is 3. The highest BCUT2D eigenvalue weighted by molar-refractivity contribution is 6.08. The van der Waals surface area contributed by atoms with Crippen LogP contribution in [0, 0.1) is 11.7 Å². The molecule has 2 unspecified atom stereocenters. The quantitative estimate of drug-likeness (QED) is 0.825. The molecule has 3 rings (SSSR count). The number of carboxylic acids is 1. The fourth-order valence-corrected chi connectivity index (χ4v) is 2.71. The molecule has 0 spiro atoms. The van der Waals surface area contributed by atoms with Crippen LogP contribution in [0.15, 0.2) is 54.6 Å². The van der Waals surface area contributed by atoms with Crippen LogP contribution in [-0.2, 0) is 4.79 Å². The minimum atomic E-state index is -1.64. The van der Waals surface area contributed by atoms with Gasteiger partial charge in [-0.25, -0.2) is 9.18 Å². The Morgan fingerprint density at radius 2 is 1.71 bits per heavy atom. The van der Waals surface area contributed by atoms with Crippen molar-refractivity contribution in [3.05, 3.63) is 71.5 Å². The van der Waals surface area contributed by atoms with Crippen LogP contribution in [0.4, 0.5) is 4.39 Å². The van der Waals surface area contributed by atoms with Crippen molar-refractivity contribution in [2.45, 2.75) is 12.0 Å². The molecule has 1 aliphatic rings. The van der Waals surface area contributed by atoms with Crippen molar-refractivity contribution in [1.82, 2.24) is 5.32 Å². The number of rotatable bonds is 5. The van der Waals surface area contributed by atoms with Gasteiger partial charge in [-0.3, -0.25) is 9.59 Å². The average Bonchev–Trinajstić information content (AvgIpc) is 3.30. The van der Waals surface area contributed by atoms with Gasteiger partial charge in [-0.2, -0.15) is 0 Å². The summed E-state index contributed by atoms with van der Waals surface area (Å²) in [5.74, 6) is -3.82. The van der Waals surface area contributed by atoms with E-state index >= 15 is 0 Å². The maximum absolute atomic E-state index is 13.3. The van der Waals surface area contributed by atoms with Gasteiger partial charge in [-0.15, -0.1) is 0 Å². The van der Waals surface area contributed by atoms with Crippen LogP contribution in [0.1, 0.15) is 27.1 Å². The zero-order chi connectivity index (χ0) is 17.3. The molecule has 6 heteroatoms. The van der Waals surface area contributed by atoms with Gasteiger partial charge >= 0.3 is 5.97 Å². The molecule has 2 N–H and O–H groups in total. The van der Waals surface area contributed by atoms with Gasteiger partial charge < -0.3 is 10.4 Å². The molecule has 2 atom stereocenters. The number of carboxylic acid groups (broad SMARTS) is 1. The van der Waals surface area contributed by atoms with Crippen LogP contribution in [0.25, 0.3) is 0 Å². The van der Waals surface area contributed by atoms with E-state index in [1.54, 1.807) is 30.3 Å². The number of carbonyl (C=O) groups excluding carboxylic acids is 2. The predicted octanol–water partition coefficient (Wildman–Crippen LogP) is 2.28. The normalized spacial score (nSPS) is 21.8. The van der Waals surface area contributed by atoms with E-state index in [-0.39, 0.29) is 12.0 Å². The maximum atomic E-state index is 13.3. The van der Waals surface area contributed by atoms with Gasteiger partial charge in [0.05, 0.1) is 5.92 Å². The maximum Gasteiger partial charge on any atom is 0.330 e. The molecule has 0 heterocycles. The molecule has 2 aromatic rings. The standard InChI is InChI=1S/C18H14FNO4/c19-13-8-4-7-12(9-13)15(21)14-10-18(14,17(23)24)20-16(22)11-5-2-1-3-6-11/h1-9,14H,10H2,(H,20,22)(H,23,24). The Morgan fingerprint density at radius 1 is 1.04 bits per heavy atom. The van der Waals surface area contributed by atoms with E-state index in [0.29, 0.717) is 5.56 Å². The van der Waals surface area contributed by atoms with Crippen molar-refractivity contribution in [3.63, 3.8) is 0 Å². The van der Waals surface area contributed by atoms with Crippen LogP contribution < -0.4 is 5.32 Å². The molecule has 1 amide bonds. The van der Waals surface area contributed by atoms with E-state index in [0.717, 1.165) is 6.07 Å². The second kappa shape index (κ2) is 5.88. The third kappa shape index (κ3) is 2.78. The highest BCUT2D eigenvalue weighted by Gasteiger charge is 2.65. The van der Waals surface area contributed by atoms with Gasteiger partial charge in [-0.05, 0) is 30.7 Å². The molecule has 1 saturated carbocycles. The number of amides is 1. The summed E-state index contributed by atoms with van der Waals surface area (Å²) in [6.45, 7) is 0. The number of Topliss-reactive ketones (excluding diaryl/α,β-unsaturated/α-hetero) is 1. The molecule has 122 valence electrons. The Morgan fingerprint density at radius 3 is 2.33 bits per heavy atom. The SMILES string of the molecule is O=C(NC1(C(=O)O)CC1C(=O)c1cccc(F)c1)c1ccccc1. The zero-order valence-electron chi connectivity index (χ0n) is 12.5. The van der Waals surface area contributed by atoms with E-state index in [1.165, 1.54) is 18.2 Å². The van der Waals surface area contributed by atoms with E-state index in [2.05, 4.69) is 5.32 Å². The van der Waals surface area contributed by atoms with Crippen LogP contribution in [0.2, 0.25) is 0 Å². The lowest BCUT2D eigenvalue weighted by atomic mass is 10.0. The van der Waals surface area contributed by atoms with E-state index in [9.17, 15) is 23.9 Å². The molecule has 0 saturated heterocycles. The molecule has 1 aliphatic carbocycles. The van der Waals surface area contributed by atoms with E-state index in [4.69, 9.17) is 0 Å². The van der Waals surface area contributed by atoms with Crippen molar-refractivity contribution in [1.29, 1.82) is 0 Å². The summed E-state index contributed by atoms with van der Waals surface area (Å²) in [5, 5.41) is 11.9. The van der Waals surface area contributed by atoms with Gasteiger partial charge in [0.1, 0.15) is 11.4 Å². The predicted molar refractivity (Wildman–Crippen MR) is 83.1 cm³/mol. The Labute approximate surface area is 137 Å². The Hall–Kier alpha value is -3.02. The fourth-order valence-electron chi connectivity index (χ4n) is 2.71. The molecule has 0 bridgehead atoms. The molecule has 1 fully saturated rings. The minimum absolute atomic E-state index is 0.0176. The summed E-state index contributed by atoms with van der Waals surface area (Å²) >= 11 is 0. The molecule has 5 nitrogen and oxygen atoms in total. The summed E-state index contributed by atoms with van der Waals surface area (Å²) < 4.78 is 13.3. The summed E-state index contributed by atoms with van der Waals surface area (Å²) in [4.78, 5) is 36.3. The van der Waals surface area contributed by atoms with Gasteiger partial charge in [-0.1, -0.05) is 30.3 Å². The molecular weight excluding hydrogens is 313 g/mol. The second-order valence-electron chi connectivity index (χ2n) is 5.73. The highest BCUT2D eigenvalue weighted by atomic mass is 19.1. The molecule has 2 aromatic carbocycles. The lowest BCUT2D eigenvalue weighted by Crippen LogP contribution is -2.46. The van der Waals surface area contributed by atoms with Crippen LogP contribution in [0.5, 0.6) is 0 Å². The zero-order valence-corrected chi connectivity index (χ0v) is 12.5. The second-order valence-corrected chi connectivity index (χ2v) is 5.73. The smallest absolute Gasteiger partial charge is 0.330 e. The van der Waals surface area contributed by atoms with Crippen molar-refractivity contribution in [2.75, 3.05) is 0 Å². The third-order valence-electron chi connectivity index (χ3n) is 4.14. The van der Waals surface area contributed by atoms with E-state index < -0.39 is 34.9 Å². The van der Waals surface area contributed by atoms with Gasteiger partial charge in [0, 0.05) is 11.1 Å². The van der Waals surface area contributed by atoms with Crippen molar-refractivity contribution in [3.8, 4) is 0 Å². The fraction of sp³-hybridized carbons (Fsp3) is 0.167. The number of nitrogens with one attached hydrogen (secondary N) is 1. The first-order valence-electron chi connectivity index (χ1n) is 7.35. The first-order valence-corrected chi connectivity index (χ1v) is 7.35. The largest absolute Gasteiger partial charge is 0.479 e. The number of halogens is 1. The molecule has 0 aromatic heterocycles. The lowest BCUT2D eigenvalue weighted by molar-refractivity contribution is -0.140. The Balaban J connectivity index is 1.81. The number of benzene rings is 2. The monoisotopic (exact) mass is 327 g/mol. The van der Waals surface area contributed by atoms with Gasteiger partial charge in [0.25, 0.3) is 5.91 Å². The summed E-state index contributed by atoms with van der Waals surface area (Å²) in [6.07, 6.45) is -0.0176. The summed E-state index contributed by atoms with van der Waals surface area (Å²) in [6, 6.07) is 13.2. The molecular formula is C18H14FNO4. The Kier molecular flexibility index (Phi) is 3.89. The van der Waals surface area contributed by atoms with Crippen molar-refractivity contribution in [2.24, 2.45) is 5.92 Å². The van der Waals surface area contributed by atoms with Gasteiger partial charge in [0.2, 0.25) is 0 Å². The number of aliphatic carboxylic acids is 1. The first-order chi connectivity index (χ1) is 11.4. The molecule has 24 heavy (non-hydrogen) atoms. The van der Waals surface area contributed by atoms with E-state index in [1.807, 2.05) is 0 Å². The van der Waals surface area contributed by atoms with Gasteiger partial charge in [0.15, 0.2) is 5.78 Å². The first kappa shape index (κ1) is 15.9. The van der Waals surface area contributed by atoms with Crippen molar-refractivity contribution < 1.29 is 23.9 Å². The van der Waals surface area contributed by atoms with Crippen LogP contribution in [-0.4, -0.2) is 28.3 Å².